The average molecular weight is 399 g/mol. The second kappa shape index (κ2) is 7.93. The van der Waals surface area contributed by atoms with Crippen LogP contribution in [0.25, 0.3) is 0 Å². The van der Waals surface area contributed by atoms with Crippen LogP contribution in [0.1, 0.15) is 56.0 Å². The largest absolute Gasteiger partial charge is 0.490 e. The molecule has 6 heteroatoms. The maximum atomic E-state index is 13.1. The smallest absolute Gasteiger partial charge is 0.259 e. The monoisotopic (exact) mass is 398 g/mol. The topological polar surface area (TPSA) is 71.8 Å². The number of benzene rings is 1. The normalized spacial score (nSPS) is 15.7. The lowest BCUT2D eigenvalue weighted by Crippen LogP contribution is -2.42. The number of carbonyl (C=O) groups is 2. The number of hydrogen-bond donors (Lipinski definition) is 1. The number of rotatable bonds is 5. The molecule has 1 N–H and O–H groups in total. The molecule has 2 amide bonds. The molecule has 156 valence electrons. The van der Waals surface area contributed by atoms with Crippen molar-refractivity contribution < 1.29 is 18.7 Å². The minimum Gasteiger partial charge on any atom is -0.490 e. The first kappa shape index (κ1) is 21.0. The van der Waals surface area contributed by atoms with Gasteiger partial charge in [0.05, 0.1) is 16.7 Å². The number of nitrogens with one attached hydrogen (secondary N) is 1. The Morgan fingerprint density at radius 2 is 1.97 bits per heavy atom. The van der Waals surface area contributed by atoms with Gasteiger partial charge in [0.2, 0.25) is 5.91 Å². The molecule has 0 radical (unpaired) electrons. The van der Waals surface area contributed by atoms with Gasteiger partial charge in [-0.3, -0.25) is 9.59 Å². The molecule has 0 saturated heterocycles. The van der Waals surface area contributed by atoms with E-state index in [0.717, 1.165) is 12.1 Å². The number of nitrogens with zero attached hydrogens (tertiary/aromatic N) is 1. The van der Waals surface area contributed by atoms with Crippen molar-refractivity contribution in [1.82, 2.24) is 0 Å². The lowest BCUT2D eigenvalue weighted by molar-refractivity contribution is -0.127. The number of hydrogen-bond acceptors (Lipinski definition) is 4. The predicted molar refractivity (Wildman–Crippen MR) is 114 cm³/mol. The number of fused-ring (bicyclic) bond motifs is 1. The molecule has 0 spiro atoms. The SMILES string of the molecule is Cc1cc(C(=O)Nc2ccc3c(c2)OCC(C)(C)C(=O)N3CCC(C)C)c(C)o1. The second-order valence-electron chi connectivity index (χ2n) is 8.78. The van der Waals surface area contributed by atoms with Gasteiger partial charge in [-0.05, 0) is 58.2 Å². The number of aryl methyl sites for hydroxylation is 2. The molecule has 1 aliphatic rings. The summed E-state index contributed by atoms with van der Waals surface area (Å²) in [7, 11) is 0. The van der Waals surface area contributed by atoms with Gasteiger partial charge in [-0.2, -0.15) is 0 Å². The van der Waals surface area contributed by atoms with Crippen LogP contribution < -0.4 is 15.0 Å². The molecule has 2 aromatic rings. The van der Waals surface area contributed by atoms with Crippen molar-refractivity contribution in [3.63, 3.8) is 0 Å². The van der Waals surface area contributed by atoms with Crippen LogP contribution in [0.15, 0.2) is 28.7 Å². The van der Waals surface area contributed by atoms with E-state index < -0.39 is 5.41 Å². The lowest BCUT2D eigenvalue weighted by atomic mass is 9.92. The molecule has 6 nitrogen and oxygen atoms in total. The molecule has 0 saturated carbocycles. The molecule has 1 aromatic carbocycles. The van der Waals surface area contributed by atoms with E-state index in [9.17, 15) is 9.59 Å². The van der Waals surface area contributed by atoms with Gasteiger partial charge in [0.1, 0.15) is 23.9 Å². The summed E-state index contributed by atoms with van der Waals surface area (Å²) in [6, 6.07) is 7.15. The van der Waals surface area contributed by atoms with Gasteiger partial charge in [-0.25, -0.2) is 0 Å². The minimum absolute atomic E-state index is 0.0539. The molecule has 0 fully saturated rings. The summed E-state index contributed by atoms with van der Waals surface area (Å²) in [6.45, 7) is 12.6. The van der Waals surface area contributed by atoms with E-state index in [0.29, 0.717) is 41.0 Å². The average Bonchev–Trinajstić information content (AvgIpc) is 2.94. The van der Waals surface area contributed by atoms with Crippen molar-refractivity contribution in [2.45, 2.75) is 48.0 Å². The number of carbonyl (C=O) groups excluding carboxylic acids is 2. The summed E-state index contributed by atoms with van der Waals surface area (Å²) in [5.74, 6) is 2.18. The molecule has 29 heavy (non-hydrogen) atoms. The molecule has 0 atom stereocenters. The minimum atomic E-state index is -0.620. The molecule has 1 aliphatic heterocycles. The zero-order valence-electron chi connectivity index (χ0n) is 18.1. The number of anilines is 2. The highest BCUT2D eigenvalue weighted by Gasteiger charge is 2.37. The highest BCUT2D eigenvalue weighted by atomic mass is 16.5. The predicted octanol–water partition coefficient (Wildman–Crippen LogP) is 4.95. The maximum Gasteiger partial charge on any atom is 0.259 e. The van der Waals surface area contributed by atoms with Gasteiger partial charge in [-0.15, -0.1) is 0 Å². The maximum absolute atomic E-state index is 13.1. The van der Waals surface area contributed by atoms with Crippen LogP contribution in [0.3, 0.4) is 0 Å². The highest BCUT2D eigenvalue weighted by Crippen LogP contribution is 2.38. The van der Waals surface area contributed by atoms with Crippen LogP contribution in [0.4, 0.5) is 11.4 Å². The van der Waals surface area contributed by atoms with E-state index in [1.807, 2.05) is 31.7 Å². The number of furan rings is 1. The van der Waals surface area contributed by atoms with E-state index in [1.54, 1.807) is 25.1 Å². The first-order chi connectivity index (χ1) is 13.6. The van der Waals surface area contributed by atoms with E-state index in [2.05, 4.69) is 19.2 Å². The third-order valence-corrected chi connectivity index (χ3v) is 5.14. The molecule has 0 unspecified atom stereocenters. The number of amides is 2. The van der Waals surface area contributed by atoms with E-state index in [1.165, 1.54) is 0 Å². The van der Waals surface area contributed by atoms with Crippen molar-refractivity contribution in [3.05, 3.63) is 41.3 Å². The van der Waals surface area contributed by atoms with Gasteiger partial charge in [0.15, 0.2) is 0 Å². The van der Waals surface area contributed by atoms with Crippen LogP contribution in [-0.4, -0.2) is 25.0 Å². The Hall–Kier alpha value is -2.76. The van der Waals surface area contributed by atoms with Crippen LogP contribution in [-0.2, 0) is 4.79 Å². The van der Waals surface area contributed by atoms with Crippen molar-refractivity contribution in [1.29, 1.82) is 0 Å². The molecule has 3 rings (SSSR count). The van der Waals surface area contributed by atoms with Crippen molar-refractivity contribution in [2.24, 2.45) is 11.3 Å². The van der Waals surface area contributed by atoms with Crippen molar-refractivity contribution in [3.8, 4) is 5.75 Å². The van der Waals surface area contributed by atoms with E-state index in [-0.39, 0.29) is 18.4 Å². The Balaban J connectivity index is 1.89. The summed E-state index contributed by atoms with van der Waals surface area (Å²) in [5.41, 5.74) is 1.25. The molecule has 0 aliphatic carbocycles. The van der Waals surface area contributed by atoms with Crippen LogP contribution in [0.2, 0.25) is 0 Å². The standard InChI is InChI=1S/C23H30N2O4/c1-14(2)9-10-25-19-8-7-17(12-20(19)28-13-23(5,6)22(25)27)24-21(26)18-11-15(3)29-16(18)4/h7-8,11-12,14H,9-10,13H2,1-6H3,(H,24,26). The summed E-state index contributed by atoms with van der Waals surface area (Å²) in [6.07, 6.45) is 0.902. The fraction of sp³-hybridized carbons (Fsp3) is 0.478. The van der Waals surface area contributed by atoms with Crippen molar-refractivity contribution >= 4 is 23.2 Å². The fourth-order valence-corrected chi connectivity index (χ4v) is 3.39. The van der Waals surface area contributed by atoms with E-state index >= 15 is 0 Å². The highest BCUT2D eigenvalue weighted by molar-refractivity contribution is 6.05. The molecule has 1 aromatic heterocycles. The molecule has 2 heterocycles. The van der Waals surface area contributed by atoms with Gasteiger partial charge in [0, 0.05) is 18.3 Å². The second-order valence-corrected chi connectivity index (χ2v) is 8.78. The van der Waals surface area contributed by atoms with Crippen LogP contribution in [0.5, 0.6) is 5.75 Å². The zero-order valence-corrected chi connectivity index (χ0v) is 18.1. The Bertz CT molecular complexity index is 927. The lowest BCUT2D eigenvalue weighted by Gasteiger charge is -2.28. The van der Waals surface area contributed by atoms with Gasteiger partial charge in [-0.1, -0.05) is 13.8 Å². The third-order valence-electron chi connectivity index (χ3n) is 5.14. The summed E-state index contributed by atoms with van der Waals surface area (Å²) < 4.78 is 11.4. The molecular weight excluding hydrogens is 368 g/mol. The Kier molecular flexibility index (Phi) is 5.73. The Morgan fingerprint density at radius 1 is 1.24 bits per heavy atom. The van der Waals surface area contributed by atoms with Crippen LogP contribution >= 0.6 is 0 Å². The van der Waals surface area contributed by atoms with Gasteiger partial charge >= 0.3 is 0 Å². The van der Waals surface area contributed by atoms with Crippen molar-refractivity contribution in [2.75, 3.05) is 23.4 Å². The third kappa shape index (κ3) is 4.47. The summed E-state index contributed by atoms with van der Waals surface area (Å²) in [5, 5.41) is 2.90. The molecule has 0 bridgehead atoms. The fourth-order valence-electron chi connectivity index (χ4n) is 3.39. The van der Waals surface area contributed by atoms with E-state index in [4.69, 9.17) is 9.15 Å². The zero-order chi connectivity index (χ0) is 21.3. The number of ether oxygens (including phenoxy) is 1. The quantitative estimate of drug-likeness (QED) is 0.774. The van der Waals surface area contributed by atoms with Crippen LogP contribution in [0, 0.1) is 25.2 Å². The summed E-state index contributed by atoms with van der Waals surface area (Å²) >= 11 is 0. The summed E-state index contributed by atoms with van der Waals surface area (Å²) in [4.78, 5) is 27.5. The Labute approximate surface area is 172 Å². The van der Waals surface area contributed by atoms with Gasteiger partial charge < -0.3 is 19.4 Å². The molecular formula is C23H30N2O4. The first-order valence-corrected chi connectivity index (χ1v) is 10.1. The van der Waals surface area contributed by atoms with Gasteiger partial charge in [0.25, 0.3) is 5.91 Å². The Morgan fingerprint density at radius 3 is 2.59 bits per heavy atom. The first-order valence-electron chi connectivity index (χ1n) is 10.1.